The molecule has 11 heteroatoms. The van der Waals surface area contributed by atoms with Crippen LogP contribution in [0.15, 0.2) is 33.7 Å². The number of aromatic nitrogens is 1. The number of carbonyl (C=O) groups excluding carboxylic acids is 1. The summed E-state index contributed by atoms with van der Waals surface area (Å²) >= 11 is 0. The summed E-state index contributed by atoms with van der Waals surface area (Å²) in [4.78, 5) is 13.6. The van der Waals surface area contributed by atoms with Gasteiger partial charge in [-0.15, -0.1) is 0 Å². The molecule has 1 saturated heterocycles. The first kappa shape index (κ1) is 21.3. The molecule has 3 rings (SSSR count). The lowest BCUT2D eigenvalue weighted by molar-refractivity contribution is -0.137. The average molecular weight is 431 g/mol. The molecule has 29 heavy (non-hydrogen) atoms. The van der Waals surface area contributed by atoms with Crippen molar-refractivity contribution in [1.29, 1.82) is 0 Å². The van der Waals surface area contributed by atoms with Crippen LogP contribution in [-0.4, -0.2) is 54.9 Å². The molecule has 0 aliphatic carbocycles. The first-order valence-electron chi connectivity index (χ1n) is 8.87. The van der Waals surface area contributed by atoms with Crippen LogP contribution in [0.5, 0.6) is 0 Å². The van der Waals surface area contributed by atoms with E-state index in [2.05, 4.69) is 5.16 Å². The van der Waals surface area contributed by atoms with E-state index in [4.69, 9.17) is 4.52 Å². The Balaban J connectivity index is 1.68. The molecule has 0 saturated carbocycles. The van der Waals surface area contributed by atoms with Crippen molar-refractivity contribution in [1.82, 2.24) is 14.4 Å². The molecule has 0 unspecified atom stereocenters. The average Bonchev–Trinajstić information content (AvgIpc) is 2.99. The Hall–Kier alpha value is -2.40. The summed E-state index contributed by atoms with van der Waals surface area (Å²) in [6.45, 7) is 3.76. The monoisotopic (exact) mass is 431 g/mol. The molecule has 0 N–H and O–H groups in total. The van der Waals surface area contributed by atoms with Crippen molar-refractivity contribution < 1.29 is 30.9 Å². The van der Waals surface area contributed by atoms with Gasteiger partial charge in [-0.3, -0.25) is 4.79 Å². The normalized spacial score (nSPS) is 16.2. The molecule has 0 atom stereocenters. The molecule has 1 amide bonds. The largest absolute Gasteiger partial charge is 0.416 e. The van der Waals surface area contributed by atoms with Gasteiger partial charge in [0.25, 0.3) is 0 Å². The highest BCUT2D eigenvalue weighted by Gasteiger charge is 2.34. The minimum absolute atomic E-state index is 0.00587. The van der Waals surface area contributed by atoms with Crippen molar-refractivity contribution >= 4 is 15.9 Å². The Bertz CT molecular complexity index is 990. The quantitative estimate of drug-likeness (QED) is 0.742. The smallest absolute Gasteiger partial charge is 0.361 e. The zero-order valence-electron chi connectivity index (χ0n) is 15.9. The Morgan fingerprint density at radius 1 is 1.17 bits per heavy atom. The van der Waals surface area contributed by atoms with Crippen LogP contribution in [0, 0.1) is 13.8 Å². The van der Waals surface area contributed by atoms with Crippen LogP contribution in [0.4, 0.5) is 13.2 Å². The van der Waals surface area contributed by atoms with Gasteiger partial charge in [-0.2, -0.15) is 17.5 Å². The number of rotatable bonds is 4. The fourth-order valence-electron chi connectivity index (χ4n) is 3.18. The van der Waals surface area contributed by atoms with E-state index in [0.717, 1.165) is 22.5 Å². The van der Waals surface area contributed by atoms with Crippen LogP contribution in [0.2, 0.25) is 0 Å². The Kier molecular flexibility index (Phi) is 5.72. The van der Waals surface area contributed by atoms with Gasteiger partial charge in [-0.1, -0.05) is 11.2 Å². The maximum absolute atomic E-state index is 12.9. The first-order chi connectivity index (χ1) is 13.5. The van der Waals surface area contributed by atoms with Gasteiger partial charge in [0.2, 0.25) is 15.9 Å². The molecular formula is C18H20F3N3O4S. The molecule has 1 fully saturated rings. The Labute approximate surface area is 166 Å². The maximum Gasteiger partial charge on any atom is 0.416 e. The molecule has 1 aromatic carbocycles. The standard InChI is InChI=1S/C18H20F3N3O4S/c1-12-16(13(2)28-22-12)11-17(25)23-6-8-24(9-7-23)29(26,27)15-5-3-4-14(10-15)18(19,20)21/h3-5,10H,6-9,11H2,1-2H3. The predicted molar refractivity (Wildman–Crippen MR) is 96.5 cm³/mol. The van der Waals surface area contributed by atoms with Crippen molar-refractivity contribution in [3.8, 4) is 0 Å². The second-order valence-electron chi connectivity index (χ2n) is 6.79. The SMILES string of the molecule is Cc1noc(C)c1CC(=O)N1CCN(S(=O)(=O)c2cccc(C(F)(F)F)c2)CC1. The van der Waals surface area contributed by atoms with E-state index in [-0.39, 0.29) is 38.5 Å². The van der Waals surface area contributed by atoms with Gasteiger partial charge < -0.3 is 9.42 Å². The number of carbonyl (C=O) groups is 1. The lowest BCUT2D eigenvalue weighted by atomic mass is 10.1. The van der Waals surface area contributed by atoms with Crippen LogP contribution in [0.1, 0.15) is 22.6 Å². The zero-order chi connectivity index (χ0) is 21.4. The van der Waals surface area contributed by atoms with Crippen LogP contribution in [0.25, 0.3) is 0 Å². The third kappa shape index (κ3) is 4.45. The highest BCUT2D eigenvalue weighted by atomic mass is 32.2. The van der Waals surface area contributed by atoms with Crippen molar-refractivity contribution in [3.63, 3.8) is 0 Å². The number of hydrogen-bond acceptors (Lipinski definition) is 5. The predicted octanol–water partition coefficient (Wildman–Crippen LogP) is 2.39. The second kappa shape index (κ2) is 7.79. The summed E-state index contributed by atoms with van der Waals surface area (Å²) in [6, 6.07) is 3.66. The molecular weight excluding hydrogens is 411 g/mol. The van der Waals surface area contributed by atoms with Gasteiger partial charge in [-0.25, -0.2) is 8.42 Å². The number of halogens is 3. The highest BCUT2D eigenvalue weighted by molar-refractivity contribution is 7.89. The van der Waals surface area contributed by atoms with E-state index in [1.165, 1.54) is 4.90 Å². The molecule has 158 valence electrons. The molecule has 0 spiro atoms. The number of aryl methyl sites for hydroxylation is 2. The lowest BCUT2D eigenvalue weighted by Gasteiger charge is -2.34. The summed E-state index contributed by atoms with van der Waals surface area (Å²) < 4.78 is 70.2. The van der Waals surface area contributed by atoms with Gasteiger partial charge in [0.15, 0.2) is 0 Å². The summed E-state index contributed by atoms with van der Waals surface area (Å²) in [7, 11) is -4.09. The maximum atomic E-state index is 12.9. The van der Waals surface area contributed by atoms with Crippen LogP contribution < -0.4 is 0 Å². The number of piperazine rings is 1. The minimum atomic E-state index is -4.63. The number of sulfonamides is 1. The Morgan fingerprint density at radius 3 is 2.38 bits per heavy atom. The Morgan fingerprint density at radius 2 is 1.83 bits per heavy atom. The molecule has 2 aromatic rings. The van der Waals surface area contributed by atoms with E-state index >= 15 is 0 Å². The molecule has 0 radical (unpaired) electrons. The summed E-state index contributed by atoms with van der Waals surface area (Å²) in [5.41, 5.74) is 0.308. The van der Waals surface area contributed by atoms with E-state index < -0.39 is 26.7 Å². The third-order valence-electron chi connectivity index (χ3n) is 4.90. The van der Waals surface area contributed by atoms with Gasteiger partial charge in [0.1, 0.15) is 5.76 Å². The van der Waals surface area contributed by atoms with Gasteiger partial charge in [0.05, 0.1) is 22.6 Å². The number of hydrogen-bond donors (Lipinski definition) is 0. The zero-order valence-corrected chi connectivity index (χ0v) is 16.7. The van der Waals surface area contributed by atoms with Crippen molar-refractivity contribution in [3.05, 3.63) is 46.8 Å². The summed E-state index contributed by atoms with van der Waals surface area (Å²) in [6.07, 6.45) is -4.53. The number of benzene rings is 1. The highest BCUT2D eigenvalue weighted by Crippen LogP contribution is 2.31. The molecule has 1 aliphatic rings. The van der Waals surface area contributed by atoms with Crippen molar-refractivity contribution in [2.75, 3.05) is 26.2 Å². The van der Waals surface area contributed by atoms with Gasteiger partial charge >= 0.3 is 6.18 Å². The van der Waals surface area contributed by atoms with Crippen LogP contribution in [-0.2, 0) is 27.4 Å². The fraction of sp³-hybridized carbons (Fsp3) is 0.444. The number of amides is 1. The summed E-state index contributed by atoms with van der Waals surface area (Å²) in [5, 5.41) is 3.80. The van der Waals surface area contributed by atoms with E-state index in [1.807, 2.05) is 0 Å². The molecule has 0 bridgehead atoms. The van der Waals surface area contributed by atoms with Crippen molar-refractivity contribution in [2.24, 2.45) is 0 Å². The van der Waals surface area contributed by atoms with Gasteiger partial charge in [-0.05, 0) is 32.0 Å². The van der Waals surface area contributed by atoms with Gasteiger partial charge in [0, 0.05) is 31.7 Å². The van der Waals surface area contributed by atoms with E-state index in [0.29, 0.717) is 23.1 Å². The molecule has 7 nitrogen and oxygen atoms in total. The molecule has 2 heterocycles. The van der Waals surface area contributed by atoms with Crippen molar-refractivity contribution in [2.45, 2.75) is 31.3 Å². The third-order valence-corrected chi connectivity index (χ3v) is 6.79. The van der Waals surface area contributed by atoms with E-state index in [9.17, 15) is 26.4 Å². The number of alkyl halides is 3. The van der Waals surface area contributed by atoms with Crippen LogP contribution >= 0.6 is 0 Å². The van der Waals surface area contributed by atoms with E-state index in [1.54, 1.807) is 13.8 Å². The van der Waals surface area contributed by atoms with Crippen LogP contribution in [0.3, 0.4) is 0 Å². The minimum Gasteiger partial charge on any atom is -0.361 e. The first-order valence-corrected chi connectivity index (χ1v) is 10.3. The number of nitrogens with zero attached hydrogens (tertiary/aromatic N) is 3. The fourth-order valence-corrected chi connectivity index (χ4v) is 4.65. The molecule has 1 aliphatic heterocycles. The molecule has 1 aromatic heterocycles. The lowest BCUT2D eigenvalue weighted by Crippen LogP contribution is -2.50. The topological polar surface area (TPSA) is 83.7 Å². The summed E-state index contributed by atoms with van der Waals surface area (Å²) in [5.74, 6) is 0.372. The second-order valence-corrected chi connectivity index (χ2v) is 8.73.